The molecule has 1 saturated heterocycles. The van der Waals surface area contributed by atoms with E-state index in [9.17, 15) is 13.2 Å². The Bertz CT molecular complexity index is 636. The fraction of sp³-hybridized carbons (Fsp3) is 0.500. The van der Waals surface area contributed by atoms with E-state index in [4.69, 9.17) is 4.74 Å². The van der Waals surface area contributed by atoms with Crippen molar-refractivity contribution in [1.82, 2.24) is 9.62 Å². The molecule has 0 radical (unpaired) electrons. The Labute approximate surface area is 125 Å². The summed E-state index contributed by atoms with van der Waals surface area (Å²) in [6.07, 6.45) is 0.988. The first-order chi connectivity index (χ1) is 9.85. The van der Waals surface area contributed by atoms with Crippen LogP contribution in [0.4, 0.5) is 0 Å². The average Bonchev–Trinajstić information content (AvgIpc) is 2.34. The number of hydrogen-bond donors (Lipinski definition) is 1. The maximum Gasteiger partial charge on any atom is 0.253 e. The summed E-state index contributed by atoms with van der Waals surface area (Å²) >= 11 is 0. The van der Waals surface area contributed by atoms with Gasteiger partial charge in [0.25, 0.3) is 5.91 Å². The van der Waals surface area contributed by atoms with Crippen LogP contribution >= 0.6 is 0 Å². The zero-order valence-corrected chi connectivity index (χ0v) is 13.2. The highest BCUT2D eigenvalue weighted by molar-refractivity contribution is 7.89. The third-order valence-corrected chi connectivity index (χ3v) is 4.91. The van der Waals surface area contributed by atoms with Gasteiger partial charge in [0.15, 0.2) is 0 Å². The van der Waals surface area contributed by atoms with Crippen LogP contribution in [0.2, 0.25) is 0 Å². The SMILES string of the molecule is COc1ccc(C(=O)N2CCC2)cc1S(=O)(=O)NC(C)C. The van der Waals surface area contributed by atoms with Gasteiger partial charge in [-0.2, -0.15) is 0 Å². The van der Waals surface area contributed by atoms with Gasteiger partial charge in [-0.05, 0) is 38.5 Å². The molecule has 0 aliphatic carbocycles. The van der Waals surface area contributed by atoms with Crippen molar-refractivity contribution in [2.75, 3.05) is 20.2 Å². The van der Waals surface area contributed by atoms with Crippen LogP contribution in [-0.4, -0.2) is 45.5 Å². The first-order valence-electron chi connectivity index (χ1n) is 6.85. The summed E-state index contributed by atoms with van der Waals surface area (Å²) < 4.78 is 32.3. The van der Waals surface area contributed by atoms with Crippen molar-refractivity contribution in [3.63, 3.8) is 0 Å². The number of benzene rings is 1. The molecule has 2 rings (SSSR count). The fourth-order valence-corrected chi connectivity index (χ4v) is 3.54. The first-order valence-corrected chi connectivity index (χ1v) is 8.33. The highest BCUT2D eigenvalue weighted by Crippen LogP contribution is 2.26. The van der Waals surface area contributed by atoms with E-state index in [2.05, 4.69) is 4.72 Å². The maximum absolute atomic E-state index is 12.3. The molecule has 116 valence electrons. The van der Waals surface area contributed by atoms with Gasteiger partial charge in [0.1, 0.15) is 10.6 Å². The Morgan fingerprint density at radius 1 is 1.33 bits per heavy atom. The largest absolute Gasteiger partial charge is 0.495 e. The zero-order chi connectivity index (χ0) is 15.6. The van der Waals surface area contributed by atoms with Gasteiger partial charge in [-0.15, -0.1) is 0 Å². The number of sulfonamides is 1. The number of ether oxygens (including phenoxy) is 1. The van der Waals surface area contributed by atoms with Gasteiger partial charge in [0, 0.05) is 24.7 Å². The molecule has 1 aliphatic rings. The monoisotopic (exact) mass is 312 g/mol. The Kier molecular flexibility index (Phi) is 4.53. The van der Waals surface area contributed by atoms with Gasteiger partial charge in [-0.1, -0.05) is 0 Å². The van der Waals surface area contributed by atoms with Crippen LogP contribution in [0.25, 0.3) is 0 Å². The number of amides is 1. The van der Waals surface area contributed by atoms with Crippen molar-refractivity contribution in [2.24, 2.45) is 0 Å². The molecule has 1 aromatic rings. The smallest absolute Gasteiger partial charge is 0.253 e. The van der Waals surface area contributed by atoms with Crippen LogP contribution < -0.4 is 9.46 Å². The molecule has 0 unspecified atom stereocenters. The number of nitrogens with zero attached hydrogens (tertiary/aromatic N) is 1. The Morgan fingerprint density at radius 3 is 2.48 bits per heavy atom. The normalized spacial score (nSPS) is 15.0. The van der Waals surface area contributed by atoms with E-state index in [0.29, 0.717) is 5.56 Å². The number of carbonyl (C=O) groups is 1. The summed E-state index contributed by atoms with van der Waals surface area (Å²) in [5.41, 5.74) is 0.361. The van der Waals surface area contributed by atoms with Crippen molar-refractivity contribution in [3.8, 4) is 5.75 Å². The number of nitrogens with one attached hydrogen (secondary N) is 1. The van der Waals surface area contributed by atoms with Crippen molar-refractivity contribution >= 4 is 15.9 Å². The van der Waals surface area contributed by atoms with Gasteiger partial charge in [-0.3, -0.25) is 4.79 Å². The fourth-order valence-electron chi connectivity index (χ4n) is 2.10. The highest BCUT2D eigenvalue weighted by atomic mass is 32.2. The van der Waals surface area contributed by atoms with Crippen molar-refractivity contribution in [2.45, 2.75) is 31.2 Å². The molecule has 21 heavy (non-hydrogen) atoms. The average molecular weight is 312 g/mol. The molecule has 6 nitrogen and oxygen atoms in total. The lowest BCUT2D eigenvalue weighted by Gasteiger charge is -2.31. The molecule has 1 amide bonds. The predicted molar refractivity (Wildman–Crippen MR) is 79.0 cm³/mol. The summed E-state index contributed by atoms with van der Waals surface area (Å²) in [4.78, 5) is 13.9. The van der Waals surface area contributed by atoms with Crippen molar-refractivity contribution < 1.29 is 17.9 Å². The highest BCUT2D eigenvalue weighted by Gasteiger charge is 2.26. The molecular weight excluding hydrogens is 292 g/mol. The number of carbonyl (C=O) groups excluding carboxylic acids is 1. The standard InChI is InChI=1S/C14H20N2O4S/c1-10(2)15-21(18,19)13-9-11(5-6-12(13)20-3)14(17)16-7-4-8-16/h5-6,9-10,15H,4,7-8H2,1-3H3. The van der Waals surface area contributed by atoms with E-state index in [1.165, 1.54) is 19.2 Å². The van der Waals surface area contributed by atoms with Crippen LogP contribution in [0.5, 0.6) is 5.75 Å². The van der Waals surface area contributed by atoms with E-state index >= 15 is 0 Å². The molecule has 0 spiro atoms. The Hall–Kier alpha value is -1.60. The van der Waals surface area contributed by atoms with Crippen LogP contribution in [-0.2, 0) is 10.0 Å². The molecule has 1 N–H and O–H groups in total. The lowest BCUT2D eigenvalue weighted by atomic mass is 10.1. The third kappa shape index (κ3) is 3.36. The summed E-state index contributed by atoms with van der Waals surface area (Å²) in [6.45, 7) is 4.91. The summed E-state index contributed by atoms with van der Waals surface area (Å²) in [5, 5.41) is 0. The number of methoxy groups -OCH3 is 1. The van der Waals surface area contributed by atoms with E-state index < -0.39 is 10.0 Å². The molecule has 7 heteroatoms. The van der Waals surface area contributed by atoms with E-state index in [0.717, 1.165) is 19.5 Å². The minimum atomic E-state index is -3.72. The molecule has 1 aromatic carbocycles. The van der Waals surface area contributed by atoms with Gasteiger partial charge in [0.2, 0.25) is 10.0 Å². The molecule has 1 heterocycles. The van der Waals surface area contributed by atoms with Crippen molar-refractivity contribution in [3.05, 3.63) is 23.8 Å². The van der Waals surface area contributed by atoms with Gasteiger partial charge >= 0.3 is 0 Å². The summed E-state index contributed by atoms with van der Waals surface area (Å²) in [7, 11) is -2.32. The number of hydrogen-bond acceptors (Lipinski definition) is 4. The molecule has 0 bridgehead atoms. The van der Waals surface area contributed by atoms with Crippen LogP contribution in [0.15, 0.2) is 23.1 Å². The second-order valence-corrected chi connectivity index (χ2v) is 6.97. The van der Waals surface area contributed by atoms with Gasteiger partial charge in [-0.25, -0.2) is 13.1 Å². The molecular formula is C14H20N2O4S. The van der Waals surface area contributed by atoms with Gasteiger partial charge in [0.05, 0.1) is 7.11 Å². The minimum Gasteiger partial charge on any atom is -0.495 e. The van der Waals surface area contributed by atoms with Crippen molar-refractivity contribution in [1.29, 1.82) is 0 Å². The Morgan fingerprint density at radius 2 is 2.00 bits per heavy atom. The predicted octanol–water partition coefficient (Wildman–Crippen LogP) is 1.23. The van der Waals surface area contributed by atoms with E-state index in [1.807, 2.05) is 0 Å². The van der Waals surface area contributed by atoms with E-state index in [1.54, 1.807) is 24.8 Å². The molecule has 1 aliphatic heterocycles. The first kappa shape index (κ1) is 15.8. The van der Waals surface area contributed by atoms with E-state index in [-0.39, 0.29) is 22.6 Å². The summed E-state index contributed by atoms with van der Waals surface area (Å²) in [6, 6.07) is 4.24. The summed E-state index contributed by atoms with van der Waals surface area (Å²) in [5.74, 6) is 0.0770. The number of likely N-dealkylation sites (tertiary alicyclic amines) is 1. The minimum absolute atomic E-state index is 0.00919. The third-order valence-electron chi connectivity index (χ3n) is 3.23. The van der Waals surface area contributed by atoms with Crippen LogP contribution in [0, 0.1) is 0 Å². The number of rotatable bonds is 5. The molecule has 0 aromatic heterocycles. The van der Waals surface area contributed by atoms with Crippen LogP contribution in [0.1, 0.15) is 30.6 Å². The van der Waals surface area contributed by atoms with Gasteiger partial charge < -0.3 is 9.64 Å². The molecule has 0 saturated carbocycles. The topological polar surface area (TPSA) is 75.7 Å². The molecule has 0 atom stereocenters. The lowest BCUT2D eigenvalue weighted by molar-refractivity contribution is 0.0651. The molecule has 1 fully saturated rings. The second-order valence-electron chi connectivity index (χ2n) is 5.29. The van der Waals surface area contributed by atoms with Crippen LogP contribution in [0.3, 0.4) is 0 Å². The quantitative estimate of drug-likeness (QED) is 0.887. The second kappa shape index (κ2) is 6.03. The Balaban J connectivity index is 2.40. The maximum atomic E-state index is 12.3. The lowest BCUT2D eigenvalue weighted by Crippen LogP contribution is -2.42. The zero-order valence-electron chi connectivity index (χ0n) is 12.4.